The third kappa shape index (κ3) is 4.37. The van der Waals surface area contributed by atoms with E-state index >= 15 is 0 Å². The molecule has 150 valence electrons. The van der Waals surface area contributed by atoms with E-state index in [0.29, 0.717) is 29.1 Å². The quantitative estimate of drug-likeness (QED) is 0.435. The predicted molar refractivity (Wildman–Crippen MR) is 113 cm³/mol. The fourth-order valence-electron chi connectivity index (χ4n) is 3.04. The first-order chi connectivity index (χ1) is 14.2. The summed E-state index contributed by atoms with van der Waals surface area (Å²) in [5, 5.41) is 11.4. The van der Waals surface area contributed by atoms with Crippen molar-refractivity contribution in [2.75, 3.05) is 17.8 Å². The zero-order chi connectivity index (χ0) is 20.2. The Morgan fingerprint density at radius 1 is 1.21 bits per heavy atom. The molecule has 0 radical (unpaired) electrons. The Morgan fingerprint density at radius 3 is 2.66 bits per heavy atom. The molecule has 7 nitrogen and oxygen atoms in total. The van der Waals surface area contributed by atoms with Crippen LogP contribution in [0.4, 0.5) is 5.69 Å². The van der Waals surface area contributed by atoms with E-state index < -0.39 is 5.25 Å². The molecule has 1 heterocycles. The van der Waals surface area contributed by atoms with Gasteiger partial charge >= 0.3 is 0 Å². The molecule has 0 aliphatic heterocycles. The lowest BCUT2D eigenvalue weighted by Gasteiger charge is -2.18. The molecular weight excluding hydrogens is 386 g/mol. The van der Waals surface area contributed by atoms with Gasteiger partial charge in [0.05, 0.1) is 12.3 Å². The highest BCUT2D eigenvalue weighted by Gasteiger charge is 2.32. The monoisotopic (exact) mass is 409 g/mol. The number of nitrogens with two attached hydrogens (primary N) is 1. The van der Waals surface area contributed by atoms with E-state index in [1.807, 2.05) is 61.5 Å². The fourth-order valence-corrected chi connectivity index (χ4v) is 4.01. The van der Waals surface area contributed by atoms with Gasteiger partial charge in [-0.05, 0) is 37.5 Å². The number of para-hydroxylation sites is 2. The van der Waals surface area contributed by atoms with Gasteiger partial charge in [0.15, 0.2) is 5.82 Å². The summed E-state index contributed by atoms with van der Waals surface area (Å²) in [6.07, 6.45) is 2.16. The molecule has 0 bridgehead atoms. The molecule has 4 rings (SSSR count). The fraction of sp³-hybridized carbons (Fsp3) is 0.286. The number of thioether (sulfide) groups is 1. The lowest BCUT2D eigenvalue weighted by molar-refractivity contribution is -0.115. The molecule has 3 aromatic rings. The van der Waals surface area contributed by atoms with Gasteiger partial charge in [-0.3, -0.25) is 4.79 Å². The molecule has 1 aliphatic rings. The number of anilines is 1. The summed E-state index contributed by atoms with van der Waals surface area (Å²) in [5.74, 6) is 7.82. The number of nitrogen functional groups attached to an aromatic ring is 1. The molecule has 8 heteroatoms. The zero-order valence-electron chi connectivity index (χ0n) is 16.1. The van der Waals surface area contributed by atoms with Gasteiger partial charge in [-0.15, -0.1) is 10.2 Å². The number of carbonyl (C=O) groups excluding carboxylic acids is 1. The highest BCUT2D eigenvalue weighted by atomic mass is 32.2. The minimum Gasteiger partial charge on any atom is -0.492 e. The van der Waals surface area contributed by atoms with Crippen LogP contribution in [0.15, 0.2) is 59.8 Å². The lowest BCUT2D eigenvalue weighted by atomic mass is 10.1. The minimum atomic E-state index is -0.538. The number of rotatable bonds is 8. The molecule has 1 aromatic heterocycles. The van der Waals surface area contributed by atoms with Crippen molar-refractivity contribution in [1.82, 2.24) is 14.9 Å². The van der Waals surface area contributed by atoms with Crippen molar-refractivity contribution in [2.24, 2.45) is 0 Å². The van der Waals surface area contributed by atoms with Crippen LogP contribution in [0.2, 0.25) is 0 Å². The maximum atomic E-state index is 13.3. The zero-order valence-corrected chi connectivity index (χ0v) is 16.9. The molecular formula is C21H23N5O2S. The van der Waals surface area contributed by atoms with Crippen molar-refractivity contribution in [3.63, 3.8) is 0 Å². The van der Waals surface area contributed by atoms with E-state index in [2.05, 4.69) is 15.5 Å². The standard InChI is InChI=1S/C21H23N5O2S/c1-2-28-17-11-7-6-10-16(17)23-20(27)18(14-8-4-3-5-9-14)29-21-25-24-19(26(21)22)15-12-13-15/h3-11,15,18H,2,12-13,22H2,1H3,(H,23,27)/t18-/m1/s1. The second-order valence-corrected chi connectivity index (χ2v) is 7.88. The molecule has 0 saturated heterocycles. The average Bonchev–Trinajstić information content (AvgIpc) is 3.52. The molecule has 0 unspecified atom stereocenters. The summed E-state index contributed by atoms with van der Waals surface area (Å²) in [6.45, 7) is 2.43. The summed E-state index contributed by atoms with van der Waals surface area (Å²) in [7, 11) is 0. The number of hydrogen-bond acceptors (Lipinski definition) is 6. The first-order valence-corrected chi connectivity index (χ1v) is 10.5. The molecule has 2 aromatic carbocycles. The summed E-state index contributed by atoms with van der Waals surface area (Å²) in [4.78, 5) is 13.3. The van der Waals surface area contributed by atoms with Crippen LogP contribution >= 0.6 is 11.8 Å². The summed E-state index contributed by atoms with van der Waals surface area (Å²) in [6, 6.07) is 17.0. The number of amides is 1. The third-order valence-electron chi connectivity index (χ3n) is 4.64. The number of aromatic nitrogens is 3. The molecule has 1 atom stereocenters. The topological polar surface area (TPSA) is 95.1 Å². The molecule has 1 saturated carbocycles. The van der Waals surface area contributed by atoms with Gasteiger partial charge in [-0.1, -0.05) is 54.2 Å². The Balaban J connectivity index is 1.60. The van der Waals surface area contributed by atoms with Crippen molar-refractivity contribution in [1.29, 1.82) is 0 Å². The Morgan fingerprint density at radius 2 is 1.93 bits per heavy atom. The van der Waals surface area contributed by atoms with Crippen LogP contribution < -0.4 is 15.9 Å². The molecule has 0 spiro atoms. The van der Waals surface area contributed by atoms with Crippen LogP contribution in [-0.4, -0.2) is 27.4 Å². The van der Waals surface area contributed by atoms with Crippen molar-refractivity contribution in [3.8, 4) is 5.75 Å². The number of ether oxygens (including phenoxy) is 1. The van der Waals surface area contributed by atoms with E-state index in [-0.39, 0.29) is 5.91 Å². The summed E-state index contributed by atoms with van der Waals surface area (Å²) < 4.78 is 7.14. The van der Waals surface area contributed by atoms with Crippen LogP contribution in [0, 0.1) is 0 Å². The Kier molecular flexibility index (Phi) is 5.71. The van der Waals surface area contributed by atoms with Crippen LogP contribution in [0.25, 0.3) is 0 Å². The van der Waals surface area contributed by atoms with Crippen LogP contribution in [0.1, 0.15) is 42.3 Å². The number of nitrogens with zero attached hydrogens (tertiary/aromatic N) is 3. The number of benzene rings is 2. The highest BCUT2D eigenvalue weighted by Crippen LogP contribution is 2.41. The summed E-state index contributed by atoms with van der Waals surface area (Å²) >= 11 is 1.29. The molecule has 3 N–H and O–H groups in total. The molecule has 1 aliphatic carbocycles. The highest BCUT2D eigenvalue weighted by molar-refractivity contribution is 8.00. The first kappa shape index (κ1) is 19.3. The van der Waals surface area contributed by atoms with Gasteiger partial charge < -0.3 is 15.9 Å². The maximum Gasteiger partial charge on any atom is 0.242 e. The van der Waals surface area contributed by atoms with Crippen LogP contribution in [0.5, 0.6) is 5.75 Å². The van der Waals surface area contributed by atoms with E-state index in [4.69, 9.17) is 10.6 Å². The number of carbonyl (C=O) groups is 1. The molecule has 29 heavy (non-hydrogen) atoms. The smallest absolute Gasteiger partial charge is 0.242 e. The lowest BCUT2D eigenvalue weighted by Crippen LogP contribution is -2.21. The van der Waals surface area contributed by atoms with Gasteiger partial charge in [-0.2, -0.15) is 0 Å². The van der Waals surface area contributed by atoms with Crippen molar-refractivity contribution in [2.45, 2.75) is 36.1 Å². The third-order valence-corrected chi connectivity index (χ3v) is 5.85. The van der Waals surface area contributed by atoms with E-state index in [1.165, 1.54) is 16.4 Å². The average molecular weight is 410 g/mol. The van der Waals surface area contributed by atoms with Crippen molar-refractivity contribution >= 4 is 23.4 Å². The predicted octanol–water partition coefficient (Wildman–Crippen LogP) is 3.74. The van der Waals surface area contributed by atoms with Gasteiger partial charge in [0.1, 0.15) is 11.0 Å². The molecule has 1 fully saturated rings. The van der Waals surface area contributed by atoms with Gasteiger partial charge in [0, 0.05) is 5.92 Å². The largest absolute Gasteiger partial charge is 0.492 e. The SMILES string of the molecule is CCOc1ccccc1NC(=O)[C@H](Sc1nnc(C2CC2)n1N)c1ccccc1. The van der Waals surface area contributed by atoms with E-state index in [1.54, 1.807) is 0 Å². The second-order valence-electron chi connectivity index (χ2n) is 6.81. The Hall–Kier alpha value is -3.00. The van der Waals surface area contributed by atoms with Gasteiger partial charge in [0.2, 0.25) is 11.1 Å². The van der Waals surface area contributed by atoms with Crippen molar-refractivity contribution < 1.29 is 9.53 Å². The Labute approximate surface area is 173 Å². The number of hydrogen-bond donors (Lipinski definition) is 2. The van der Waals surface area contributed by atoms with Crippen LogP contribution in [0.3, 0.4) is 0 Å². The maximum absolute atomic E-state index is 13.3. The normalized spacial score (nSPS) is 14.4. The Bertz CT molecular complexity index is 988. The first-order valence-electron chi connectivity index (χ1n) is 9.62. The second kappa shape index (κ2) is 8.57. The minimum absolute atomic E-state index is 0.177. The number of nitrogens with one attached hydrogen (secondary N) is 1. The van der Waals surface area contributed by atoms with E-state index in [0.717, 1.165) is 24.2 Å². The molecule has 1 amide bonds. The van der Waals surface area contributed by atoms with Crippen molar-refractivity contribution in [3.05, 3.63) is 66.0 Å². The van der Waals surface area contributed by atoms with E-state index in [9.17, 15) is 4.79 Å². The summed E-state index contributed by atoms with van der Waals surface area (Å²) in [5.41, 5.74) is 1.49. The van der Waals surface area contributed by atoms with Gasteiger partial charge in [0.25, 0.3) is 0 Å². The van der Waals surface area contributed by atoms with Gasteiger partial charge in [-0.25, -0.2) is 4.68 Å². The van der Waals surface area contributed by atoms with Crippen LogP contribution in [-0.2, 0) is 4.79 Å².